The van der Waals surface area contributed by atoms with Crippen LogP contribution in [0.25, 0.3) is 0 Å². The van der Waals surface area contributed by atoms with Crippen molar-refractivity contribution < 1.29 is 4.74 Å². The lowest BCUT2D eigenvalue weighted by molar-refractivity contribution is 0.395. The summed E-state index contributed by atoms with van der Waals surface area (Å²) in [5.41, 5.74) is 0. The van der Waals surface area contributed by atoms with E-state index >= 15 is 0 Å². The number of amidine groups is 1. The van der Waals surface area contributed by atoms with Crippen molar-refractivity contribution in [3.8, 4) is 0 Å². The Kier molecular flexibility index (Phi) is 5.72. The average Bonchev–Trinajstić information content (AvgIpc) is 1.98. The second kappa shape index (κ2) is 6.26. The molecule has 0 bridgehead atoms. The van der Waals surface area contributed by atoms with Crippen molar-refractivity contribution in [1.82, 2.24) is 0 Å². The molecule has 0 fully saturated rings. The van der Waals surface area contributed by atoms with Gasteiger partial charge in [-0.2, -0.15) is 0 Å². The van der Waals surface area contributed by atoms with Gasteiger partial charge in [-0.3, -0.25) is 0 Å². The Bertz CT molecular complexity index is 130. The molecule has 10 heavy (non-hydrogen) atoms. The van der Waals surface area contributed by atoms with Crippen LogP contribution in [-0.4, -0.2) is 25.9 Å². The maximum absolute atomic E-state index is 4.84. The first-order chi connectivity index (χ1) is 4.85. The van der Waals surface area contributed by atoms with E-state index in [1.165, 1.54) is 0 Å². The fraction of sp³-hybridized carbons (Fsp3) is 0.714. The minimum atomic E-state index is 0.462. The Morgan fingerprint density at radius 3 is 2.60 bits per heavy atom. The summed E-state index contributed by atoms with van der Waals surface area (Å²) in [4.78, 5) is 7.93. The van der Waals surface area contributed by atoms with Crippen molar-refractivity contribution in [3.05, 3.63) is 0 Å². The van der Waals surface area contributed by atoms with E-state index < -0.39 is 0 Å². The molecule has 0 aromatic rings. The molecular weight excluding hydrogens is 128 g/mol. The summed E-state index contributed by atoms with van der Waals surface area (Å²) in [5.74, 6) is 0. The standard InChI is InChI=1S/C7H14N2O/c1-4-6-9-7(10-3)8-5-2/h6H,4-5H2,1-3H3. The van der Waals surface area contributed by atoms with Crippen LogP contribution in [0, 0.1) is 0 Å². The van der Waals surface area contributed by atoms with Crippen LogP contribution in [0.1, 0.15) is 20.3 Å². The van der Waals surface area contributed by atoms with Gasteiger partial charge < -0.3 is 4.74 Å². The molecule has 0 saturated carbocycles. The Labute approximate surface area is 61.8 Å². The predicted molar refractivity (Wildman–Crippen MR) is 43.8 cm³/mol. The Balaban J connectivity index is 3.82. The first-order valence-electron chi connectivity index (χ1n) is 3.46. The quantitative estimate of drug-likeness (QED) is 0.425. The van der Waals surface area contributed by atoms with Gasteiger partial charge in [0.05, 0.1) is 7.11 Å². The SMILES string of the molecule is CCC=NC(=NCC)OC. The molecule has 0 aromatic carbocycles. The van der Waals surface area contributed by atoms with Crippen LogP contribution in [0.2, 0.25) is 0 Å². The van der Waals surface area contributed by atoms with Gasteiger partial charge in [0.2, 0.25) is 0 Å². The molecule has 3 heteroatoms. The number of hydrogen-bond acceptors (Lipinski definition) is 2. The van der Waals surface area contributed by atoms with E-state index in [4.69, 9.17) is 4.74 Å². The average molecular weight is 142 g/mol. The minimum Gasteiger partial charge on any atom is -0.467 e. The van der Waals surface area contributed by atoms with Crippen LogP contribution < -0.4 is 0 Å². The fourth-order valence-corrected chi connectivity index (χ4v) is 0.463. The molecule has 0 aliphatic rings. The largest absolute Gasteiger partial charge is 0.467 e. The minimum absolute atomic E-state index is 0.462. The number of rotatable bonds is 2. The number of ether oxygens (including phenoxy) is 1. The number of methoxy groups -OCH3 is 1. The van der Waals surface area contributed by atoms with Gasteiger partial charge in [-0.05, 0) is 13.3 Å². The maximum atomic E-state index is 4.84. The summed E-state index contributed by atoms with van der Waals surface area (Å²) in [6.07, 6.45) is 2.68. The molecule has 0 atom stereocenters. The Morgan fingerprint density at radius 2 is 2.20 bits per heavy atom. The molecule has 0 N–H and O–H groups in total. The van der Waals surface area contributed by atoms with Crippen LogP contribution in [0.4, 0.5) is 0 Å². The van der Waals surface area contributed by atoms with E-state index in [2.05, 4.69) is 9.98 Å². The highest BCUT2D eigenvalue weighted by Crippen LogP contribution is 1.82. The van der Waals surface area contributed by atoms with E-state index in [0.29, 0.717) is 12.6 Å². The smallest absolute Gasteiger partial charge is 0.310 e. The molecule has 0 aliphatic carbocycles. The van der Waals surface area contributed by atoms with E-state index in [9.17, 15) is 0 Å². The maximum Gasteiger partial charge on any atom is 0.310 e. The summed E-state index contributed by atoms with van der Waals surface area (Å²) in [5, 5.41) is 0. The third kappa shape index (κ3) is 4.06. The zero-order valence-corrected chi connectivity index (χ0v) is 6.79. The molecule has 3 nitrogen and oxygen atoms in total. The first kappa shape index (κ1) is 9.14. The first-order valence-corrected chi connectivity index (χ1v) is 3.46. The second-order valence-corrected chi connectivity index (χ2v) is 1.68. The van der Waals surface area contributed by atoms with Gasteiger partial charge in [-0.15, -0.1) is 0 Å². The van der Waals surface area contributed by atoms with Crippen molar-refractivity contribution in [2.75, 3.05) is 13.7 Å². The lowest BCUT2D eigenvalue weighted by Crippen LogP contribution is -1.97. The Hall–Kier alpha value is -0.860. The van der Waals surface area contributed by atoms with Crippen LogP contribution in [0.15, 0.2) is 9.98 Å². The highest BCUT2D eigenvalue weighted by atomic mass is 16.5. The summed E-state index contributed by atoms with van der Waals surface area (Å²) in [7, 11) is 1.57. The molecule has 0 rings (SSSR count). The van der Waals surface area contributed by atoms with E-state index in [-0.39, 0.29) is 0 Å². The van der Waals surface area contributed by atoms with Crippen LogP contribution >= 0.6 is 0 Å². The molecular formula is C7H14N2O. The number of nitrogens with zero attached hydrogens (tertiary/aromatic N) is 2. The van der Waals surface area contributed by atoms with Crippen LogP contribution in [0.3, 0.4) is 0 Å². The molecule has 0 unspecified atom stereocenters. The van der Waals surface area contributed by atoms with Crippen LogP contribution in [0.5, 0.6) is 0 Å². The third-order valence-corrected chi connectivity index (χ3v) is 0.860. The Morgan fingerprint density at radius 1 is 1.50 bits per heavy atom. The van der Waals surface area contributed by atoms with Crippen LogP contribution in [-0.2, 0) is 4.74 Å². The molecule has 0 radical (unpaired) electrons. The zero-order chi connectivity index (χ0) is 7.82. The van der Waals surface area contributed by atoms with E-state index in [1.54, 1.807) is 13.3 Å². The summed E-state index contributed by atoms with van der Waals surface area (Å²) >= 11 is 0. The van der Waals surface area contributed by atoms with Crippen molar-refractivity contribution >= 4 is 12.2 Å². The predicted octanol–water partition coefficient (Wildman–Crippen LogP) is 1.49. The monoisotopic (exact) mass is 142 g/mol. The molecule has 0 heterocycles. The zero-order valence-electron chi connectivity index (χ0n) is 6.79. The summed E-state index contributed by atoms with van der Waals surface area (Å²) in [6.45, 7) is 4.67. The molecule has 0 aromatic heterocycles. The lowest BCUT2D eigenvalue weighted by Gasteiger charge is -1.94. The van der Waals surface area contributed by atoms with Crippen molar-refractivity contribution in [1.29, 1.82) is 0 Å². The summed E-state index contributed by atoms with van der Waals surface area (Å²) < 4.78 is 4.84. The fourth-order valence-electron chi connectivity index (χ4n) is 0.463. The molecule has 58 valence electrons. The van der Waals surface area contributed by atoms with E-state index in [0.717, 1.165) is 6.42 Å². The van der Waals surface area contributed by atoms with Gasteiger partial charge >= 0.3 is 6.02 Å². The number of aliphatic imine (C=N–C) groups is 2. The van der Waals surface area contributed by atoms with Gasteiger partial charge in [0.1, 0.15) is 0 Å². The molecule has 0 aliphatic heterocycles. The van der Waals surface area contributed by atoms with Crippen molar-refractivity contribution in [2.45, 2.75) is 20.3 Å². The van der Waals surface area contributed by atoms with Gasteiger partial charge in [0.25, 0.3) is 0 Å². The molecule has 0 spiro atoms. The van der Waals surface area contributed by atoms with Gasteiger partial charge in [-0.25, -0.2) is 9.98 Å². The van der Waals surface area contributed by atoms with Gasteiger partial charge in [-0.1, -0.05) is 6.92 Å². The lowest BCUT2D eigenvalue weighted by atomic mass is 10.5. The van der Waals surface area contributed by atoms with Crippen molar-refractivity contribution in [3.63, 3.8) is 0 Å². The topological polar surface area (TPSA) is 34.0 Å². The third-order valence-electron chi connectivity index (χ3n) is 0.860. The van der Waals surface area contributed by atoms with Crippen molar-refractivity contribution in [2.24, 2.45) is 9.98 Å². The summed E-state index contributed by atoms with van der Waals surface area (Å²) in [6, 6.07) is 0.462. The molecule has 0 amide bonds. The highest BCUT2D eigenvalue weighted by molar-refractivity contribution is 5.82. The number of hydrogen-bond donors (Lipinski definition) is 0. The second-order valence-electron chi connectivity index (χ2n) is 1.68. The van der Waals surface area contributed by atoms with Gasteiger partial charge in [0, 0.05) is 12.8 Å². The van der Waals surface area contributed by atoms with E-state index in [1.807, 2.05) is 13.8 Å². The van der Waals surface area contributed by atoms with Gasteiger partial charge in [0.15, 0.2) is 0 Å². The highest BCUT2D eigenvalue weighted by Gasteiger charge is 1.87. The normalized spacial score (nSPS) is 12.5. The molecule has 0 saturated heterocycles.